The number of aromatic hydroxyl groups is 1. The van der Waals surface area contributed by atoms with Gasteiger partial charge in [-0.05, 0) is 24.6 Å². The molecule has 2 N–H and O–H groups in total. The molecule has 0 fully saturated rings. The van der Waals surface area contributed by atoms with Gasteiger partial charge in [0, 0.05) is 11.0 Å². The first-order valence-electron chi connectivity index (χ1n) is 4.91. The molecule has 1 aromatic carbocycles. The van der Waals surface area contributed by atoms with Crippen molar-refractivity contribution in [2.24, 2.45) is 0 Å². The second kappa shape index (κ2) is 4.11. The summed E-state index contributed by atoms with van der Waals surface area (Å²) in [4.78, 5) is 0. The van der Waals surface area contributed by atoms with E-state index in [-0.39, 0.29) is 12.4 Å². The maximum Gasteiger partial charge on any atom is 0.122 e. The highest BCUT2D eigenvalue weighted by Crippen LogP contribution is 2.36. The van der Waals surface area contributed by atoms with Crippen molar-refractivity contribution in [1.29, 1.82) is 0 Å². The smallest absolute Gasteiger partial charge is 0.122 e. The van der Waals surface area contributed by atoms with Gasteiger partial charge in [0.05, 0.1) is 13.7 Å². The lowest BCUT2D eigenvalue weighted by Crippen LogP contribution is -2.22. The summed E-state index contributed by atoms with van der Waals surface area (Å²) in [5.41, 5.74) is 0.997. The monoisotopic (exact) mass is 210 g/mol. The number of phenolic OH excluding ortho intramolecular Hbond substituents is 1. The van der Waals surface area contributed by atoms with E-state index < -0.39 is 5.41 Å². The minimum atomic E-state index is -0.469. The molecule has 0 unspecified atom stereocenters. The van der Waals surface area contributed by atoms with Crippen LogP contribution < -0.4 is 4.74 Å². The molecule has 84 valence electrons. The number of rotatable bonds is 3. The van der Waals surface area contributed by atoms with Gasteiger partial charge in [0.15, 0.2) is 0 Å². The second-order valence-electron chi connectivity index (χ2n) is 4.38. The van der Waals surface area contributed by atoms with Crippen molar-refractivity contribution in [2.45, 2.75) is 26.2 Å². The molecule has 0 spiro atoms. The standard InChI is InChI=1S/C12H18O3/c1-8-5-9(15-4)6-10(11(8)14)12(2,3)7-13/h5-6,13-14H,7H2,1-4H3. The number of methoxy groups -OCH3 is 1. The minimum absolute atomic E-state index is 0.0207. The Hall–Kier alpha value is -1.22. The largest absolute Gasteiger partial charge is 0.507 e. The second-order valence-corrected chi connectivity index (χ2v) is 4.38. The Kier molecular flexibility index (Phi) is 3.25. The number of hydrogen-bond acceptors (Lipinski definition) is 3. The summed E-state index contributed by atoms with van der Waals surface area (Å²) in [5, 5.41) is 19.2. The molecule has 0 aliphatic carbocycles. The third-order valence-corrected chi connectivity index (χ3v) is 2.63. The molecule has 3 nitrogen and oxygen atoms in total. The van der Waals surface area contributed by atoms with Crippen LogP contribution in [0.2, 0.25) is 0 Å². The first kappa shape index (κ1) is 11.9. The third-order valence-electron chi connectivity index (χ3n) is 2.63. The molecule has 0 heterocycles. The van der Waals surface area contributed by atoms with E-state index in [9.17, 15) is 10.2 Å². The van der Waals surface area contributed by atoms with E-state index in [4.69, 9.17) is 4.74 Å². The predicted molar refractivity (Wildman–Crippen MR) is 59.5 cm³/mol. The number of hydrogen-bond donors (Lipinski definition) is 2. The van der Waals surface area contributed by atoms with Crippen LogP contribution in [0.4, 0.5) is 0 Å². The van der Waals surface area contributed by atoms with Crippen LogP contribution in [0.1, 0.15) is 25.0 Å². The summed E-state index contributed by atoms with van der Waals surface area (Å²) in [6.07, 6.45) is 0. The number of aliphatic hydroxyl groups excluding tert-OH is 1. The predicted octanol–water partition coefficient (Wildman–Crippen LogP) is 1.98. The Morgan fingerprint density at radius 2 is 1.93 bits per heavy atom. The van der Waals surface area contributed by atoms with Crippen LogP contribution in [0.5, 0.6) is 11.5 Å². The molecule has 0 atom stereocenters. The van der Waals surface area contributed by atoms with Gasteiger partial charge in [0.1, 0.15) is 11.5 Å². The average Bonchev–Trinajstić information content (AvgIpc) is 2.21. The van der Waals surface area contributed by atoms with E-state index in [1.807, 2.05) is 20.8 Å². The summed E-state index contributed by atoms with van der Waals surface area (Å²) in [6.45, 7) is 5.55. The summed E-state index contributed by atoms with van der Waals surface area (Å²) < 4.78 is 5.14. The zero-order valence-electron chi connectivity index (χ0n) is 9.66. The van der Waals surface area contributed by atoms with Crippen LogP contribution in [0.3, 0.4) is 0 Å². The molecule has 1 rings (SSSR count). The quantitative estimate of drug-likeness (QED) is 0.802. The molecule has 1 aromatic rings. The lowest BCUT2D eigenvalue weighted by Gasteiger charge is -2.24. The number of ether oxygens (including phenoxy) is 1. The molecule has 0 bridgehead atoms. The molecule has 0 amide bonds. The van der Waals surface area contributed by atoms with Crippen LogP contribution in [-0.4, -0.2) is 23.9 Å². The maximum absolute atomic E-state index is 9.92. The molecular weight excluding hydrogens is 192 g/mol. The normalized spacial score (nSPS) is 11.5. The number of aryl methyl sites for hydroxylation is 1. The number of aliphatic hydroxyl groups is 1. The van der Waals surface area contributed by atoms with Crippen molar-refractivity contribution in [2.75, 3.05) is 13.7 Å². The number of phenols is 1. The van der Waals surface area contributed by atoms with Crippen LogP contribution in [0, 0.1) is 6.92 Å². The lowest BCUT2D eigenvalue weighted by atomic mass is 9.84. The van der Waals surface area contributed by atoms with Gasteiger partial charge in [-0.3, -0.25) is 0 Å². The van der Waals surface area contributed by atoms with Gasteiger partial charge in [-0.15, -0.1) is 0 Å². The first-order valence-corrected chi connectivity index (χ1v) is 4.91. The molecule has 3 heteroatoms. The van der Waals surface area contributed by atoms with E-state index in [0.29, 0.717) is 11.3 Å². The van der Waals surface area contributed by atoms with Crippen LogP contribution >= 0.6 is 0 Å². The topological polar surface area (TPSA) is 49.7 Å². The van der Waals surface area contributed by atoms with Crippen LogP contribution in [0.15, 0.2) is 12.1 Å². The molecule has 0 aliphatic heterocycles. The Balaban J connectivity index is 3.34. The zero-order valence-corrected chi connectivity index (χ0v) is 9.66. The van der Waals surface area contributed by atoms with Crippen molar-refractivity contribution in [3.8, 4) is 11.5 Å². The fourth-order valence-corrected chi connectivity index (χ4v) is 1.47. The van der Waals surface area contributed by atoms with Gasteiger partial charge in [0.25, 0.3) is 0 Å². The van der Waals surface area contributed by atoms with Gasteiger partial charge >= 0.3 is 0 Å². The van der Waals surface area contributed by atoms with E-state index in [2.05, 4.69) is 0 Å². The Morgan fingerprint density at radius 1 is 1.33 bits per heavy atom. The van der Waals surface area contributed by atoms with Gasteiger partial charge in [-0.25, -0.2) is 0 Å². The van der Waals surface area contributed by atoms with Crippen LogP contribution in [-0.2, 0) is 5.41 Å². The van der Waals surface area contributed by atoms with E-state index in [0.717, 1.165) is 5.56 Å². The summed E-state index contributed by atoms with van der Waals surface area (Å²) in [7, 11) is 1.58. The fourth-order valence-electron chi connectivity index (χ4n) is 1.47. The zero-order chi connectivity index (χ0) is 11.6. The van der Waals surface area contributed by atoms with E-state index in [1.165, 1.54) is 0 Å². The van der Waals surface area contributed by atoms with Crippen molar-refractivity contribution in [3.63, 3.8) is 0 Å². The molecule has 0 aliphatic rings. The molecule has 0 saturated heterocycles. The molecule has 0 radical (unpaired) electrons. The van der Waals surface area contributed by atoms with E-state index in [1.54, 1.807) is 19.2 Å². The molecule has 15 heavy (non-hydrogen) atoms. The highest BCUT2D eigenvalue weighted by Gasteiger charge is 2.24. The van der Waals surface area contributed by atoms with E-state index >= 15 is 0 Å². The summed E-state index contributed by atoms with van der Waals surface area (Å²) in [6, 6.07) is 3.53. The third kappa shape index (κ3) is 2.23. The number of benzene rings is 1. The summed E-state index contributed by atoms with van der Waals surface area (Å²) >= 11 is 0. The summed E-state index contributed by atoms with van der Waals surface area (Å²) in [5.74, 6) is 0.927. The fraction of sp³-hybridized carbons (Fsp3) is 0.500. The van der Waals surface area contributed by atoms with Crippen molar-refractivity contribution < 1.29 is 14.9 Å². The highest BCUT2D eigenvalue weighted by molar-refractivity contribution is 5.49. The first-order chi connectivity index (χ1) is 6.92. The SMILES string of the molecule is COc1cc(C)c(O)c(C(C)(C)CO)c1. The van der Waals surface area contributed by atoms with Gasteiger partial charge in [-0.1, -0.05) is 13.8 Å². The van der Waals surface area contributed by atoms with Gasteiger partial charge in [0.2, 0.25) is 0 Å². The lowest BCUT2D eigenvalue weighted by molar-refractivity contribution is 0.215. The van der Waals surface area contributed by atoms with Crippen molar-refractivity contribution in [3.05, 3.63) is 23.3 Å². The molecule has 0 aromatic heterocycles. The molecular formula is C12H18O3. The minimum Gasteiger partial charge on any atom is -0.507 e. The van der Waals surface area contributed by atoms with Gasteiger partial charge in [-0.2, -0.15) is 0 Å². The Labute approximate surface area is 90.3 Å². The van der Waals surface area contributed by atoms with Crippen LogP contribution in [0.25, 0.3) is 0 Å². The van der Waals surface area contributed by atoms with Crippen molar-refractivity contribution in [1.82, 2.24) is 0 Å². The van der Waals surface area contributed by atoms with Crippen molar-refractivity contribution >= 4 is 0 Å². The Morgan fingerprint density at radius 3 is 2.40 bits per heavy atom. The maximum atomic E-state index is 9.92. The van der Waals surface area contributed by atoms with Gasteiger partial charge < -0.3 is 14.9 Å². The Bertz CT molecular complexity index is 356. The molecule has 0 saturated carbocycles. The highest BCUT2D eigenvalue weighted by atomic mass is 16.5. The average molecular weight is 210 g/mol.